The summed E-state index contributed by atoms with van der Waals surface area (Å²) in [5.74, 6) is 1.05. The van der Waals surface area contributed by atoms with E-state index in [-0.39, 0.29) is 23.0 Å². The molecular weight excluding hydrogens is 477 g/mol. The van der Waals surface area contributed by atoms with E-state index in [4.69, 9.17) is 4.74 Å². The number of amides is 1. The number of nitrogens with zero attached hydrogens (tertiary/aromatic N) is 1. The number of hydrogen-bond acceptors (Lipinski definition) is 4. The maximum Gasteiger partial charge on any atom is 0.251 e. The maximum atomic E-state index is 12.8. The molecule has 0 spiro atoms. The van der Waals surface area contributed by atoms with E-state index in [2.05, 4.69) is 67.0 Å². The number of nitriles is 1. The zero-order chi connectivity index (χ0) is 21.2. The molecule has 1 aliphatic heterocycles. The lowest BCUT2D eigenvalue weighted by molar-refractivity contribution is 0.0873. The summed E-state index contributed by atoms with van der Waals surface area (Å²) in [7, 11) is 0. The van der Waals surface area contributed by atoms with Gasteiger partial charge in [0.05, 0.1) is 9.13 Å². The first-order valence-corrected chi connectivity index (χ1v) is 10.7. The lowest BCUT2D eigenvalue weighted by Crippen LogP contribution is -2.62. The van der Waals surface area contributed by atoms with Crippen molar-refractivity contribution >= 4 is 28.5 Å². The van der Waals surface area contributed by atoms with Crippen LogP contribution in [0.4, 0.5) is 0 Å². The summed E-state index contributed by atoms with van der Waals surface area (Å²) in [6, 6.07) is 14.7. The molecule has 29 heavy (non-hydrogen) atoms. The Bertz CT molecular complexity index is 947. The Morgan fingerprint density at radius 3 is 2.41 bits per heavy atom. The van der Waals surface area contributed by atoms with Gasteiger partial charge in [-0.3, -0.25) is 4.79 Å². The predicted octanol–water partition coefficient (Wildman–Crippen LogP) is 4.99. The number of carbonyl (C=O) groups is 1. The first-order valence-electron chi connectivity index (χ1n) is 9.65. The molecule has 2 aromatic rings. The molecule has 0 saturated carbocycles. The van der Waals surface area contributed by atoms with Crippen LogP contribution in [-0.4, -0.2) is 23.0 Å². The van der Waals surface area contributed by atoms with Crippen LogP contribution < -0.4 is 15.4 Å². The van der Waals surface area contributed by atoms with Gasteiger partial charge in [-0.25, -0.2) is 0 Å². The number of para-hydroxylation sites is 1. The normalized spacial score (nSPS) is 17.9. The molecule has 2 N–H and O–H groups in total. The van der Waals surface area contributed by atoms with Gasteiger partial charge in [0.25, 0.3) is 5.91 Å². The van der Waals surface area contributed by atoms with E-state index in [0.717, 1.165) is 16.4 Å². The van der Waals surface area contributed by atoms with Crippen LogP contribution in [0.3, 0.4) is 0 Å². The zero-order valence-electron chi connectivity index (χ0n) is 17.2. The van der Waals surface area contributed by atoms with Gasteiger partial charge >= 0.3 is 0 Å². The van der Waals surface area contributed by atoms with Crippen molar-refractivity contribution in [2.24, 2.45) is 0 Å². The quantitative estimate of drug-likeness (QED) is 0.577. The highest BCUT2D eigenvalue weighted by Crippen LogP contribution is 2.31. The fourth-order valence-corrected chi connectivity index (χ4v) is 4.81. The van der Waals surface area contributed by atoms with E-state index in [1.807, 2.05) is 12.1 Å². The molecule has 0 unspecified atom stereocenters. The van der Waals surface area contributed by atoms with Crippen molar-refractivity contribution in [3.05, 3.63) is 57.2 Å². The summed E-state index contributed by atoms with van der Waals surface area (Å²) in [5.41, 5.74) is 1.02. The van der Waals surface area contributed by atoms with Crippen molar-refractivity contribution < 1.29 is 9.53 Å². The Morgan fingerprint density at radius 1 is 1.14 bits per heavy atom. The van der Waals surface area contributed by atoms with Crippen LogP contribution in [0, 0.1) is 14.9 Å². The molecule has 0 atom stereocenters. The Morgan fingerprint density at radius 2 is 1.79 bits per heavy atom. The van der Waals surface area contributed by atoms with Crippen LogP contribution in [0.2, 0.25) is 0 Å². The van der Waals surface area contributed by atoms with Crippen LogP contribution >= 0.6 is 22.6 Å². The molecule has 1 fully saturated rings. The molecule has 6 heteroatoms. The largest absolute Gasteiger partial charge is 0.455 e. The minimum absolute atomic E-state index is 0.0278. The molecular formula is C23H26IN3O2. The van der Waals surface area contributed by atoms with Crippen molar-refractivity contribution in [3.8, 4) is 17.6 Å². The van der Waals surface area contributed by atoms with Gasteiger partial charge < -0.3 is 15.4 Å². The molecule has 0 aliphatic carbocycles. The van der Waals surface area contributed by atoms with Gasteiger partial charge in [-0.15, -0.1) is 0 Å². The SMILES string of the molecule is CC1(C)CC(NC(=O)c2ccc(Oc3ccccc3C#N)c(I)c2)CC(C)(C)N1. The molecule has 1 amide bonds. The topological polar surface area (TPSA) is 74.1 Å². The third-order valence-electron chi connectivity index (χ3n) is 4.95. The summed E-state index contributed by atoms with van der Waals surface area (Å²) in [6.07, 6.45) is 1.76. The van der Waals surface area contributed by atoms with Gasteiger partial charge in [0.2, 0.25) is 0 Å². The van der Waals surface area contributed by atoms with Gasteiger partial charge in [0.15, 0.2) is 0 Å². The molecule has 5 nitrogen and oxygen atoms in total. The van der Waals surface area contributed by atoms with E-state index in [0.29, 0.717) is 22.6 Å². The minimum atomic E-state index is -0.0783. The van der Waals surface area contributed by atoms with Crippen LogP contribution in [0.1, 0.15) is 56.5 Å². The Hall–Kier alpha value is -2.11. The predicted molar refractivity (Wildman–Crippen MR) is 122 cm³/mol. The molecule has 2 aromatic carbocycles. The monoisotopic (exact) mass is 503 g/mol. The van der Waals surface area contributed by atoms with Crippen molar-refractivity contribution in [2.75, 3.05) is 0 Å². The first kappa shape index (κ1) is 21.6. The lowest BCUT2D eigenvalue weighted by Gasteiger charge is -2.46. The lowest BCUT2D eigenvalue weighted by atomic mass is 9.79. The average molecular weight is 503 g/mol. The summed E-state index contributed by atoms with van der Waals surface area (Å²) < 4.78 is 6.71. The second-order valence-corrected chi connectivity index (χ2v) is 9.99. The molecule has 1 heterocycles. The van der Waals surface area contributed by atoms with Gasteiger partial charge in [-0.2, -0.15) is 5.26 Å². The molecule has 3 rings (SSSR count). The highest BCUT2D eigenvalue weighted by Gasteiger charge is 2.38. The van der Waals surface area contributed by atoms with Crippen LogP contribution in [-0.2, 0) is 0 Å². The van der Waals surface area contributed by atoms with Gasteiger partial charge in [0.1, 0.15) is 17.6 Å². The molecule has 1 aliphatic rings. The highest BCUT2D eigenvalue weighted by atomic mass is 127. The fourth-order valence-electron chi connectivity index (χ4n) is 4.18. The first-order chi connectivity index (χ1) is 13.6. The summed E-state index contributed by atoms with van der Waals surface area (Å²) >= 11 is 2.15. The van der Waals surface area contributed by atoms with E-state index in [1.165, 1.54) is 0 Å². The number of ether oxygens (including phenoxy) is 1. The molecule has 0 bridgehead atoms. The van der Waals surface area contributed by atoms with E-state index >= 15 is 0 Å². The van der Waals surface area contributed by atoms with E-state index in [9.17, 15) is 10.1 Å². The van der Waals surface area contributed by atoms with Crippen LogP contribution in [0.25, 0.3) is 0 Å². The number of rotatable bonds is 4. The highest BCUT2D eigenvalue weighted by molar-refractivity contribution is 14.1. The maximum absolute atomic E-state index is 12.8. The molecule has 152 valence electrons. The standard InChI is InChI=1S/C23H26IN3O2/c1-22(2)12-17(13-23(3,4)27-22)26-21(28)15-9-10-20(18(24)11-15)29-19-8-6-5-7-16(19)14-25/h5-11,17,27H,12-13H2,1-4H3,(H,26,28). The molecule has 1 saturated heterocycles. The second kappa shape index (κ2) is 8.33. The van der Waals surface area contributed by atoms with Crippen molar-refractivity contribution in [2.45, 2.75) is 57.7 Å². The fraction of sp³-hybridized carbons (Fsp3) is 0.391. The average Bonchev–Trinajstić information content (AvgIpc) is 2.61. The number of hydrogen-bond donors (Lipinski definition) is 2. The number of halogens is 1. The summed E-state index contributed by atoms with van der Waals surface area (Å²) in [6.45, 7) is 8.67. The number of piperidine rings is 1. The molecule has 0 radical (unpaired) electrons. The van der Waals surface area contributed by atoms with Crippen LogP contribution in [0.5, 0.6) is 11.5 Å². The Balaban J connectivity index is 1.73. The number of carbonyl (C=O) groups excluding carboxylic acids is 1. The number of benzene rings is 2. The second-order valence-electron chi connectivity index (χ2n) is 8.83. The van der Waals surface area contributed by atoms with Crippen molar-refractivity contribution in [1.82, 2.24) is 10.6 Å². The van der Waals surface area contributed by atoms with E-state index < -0.39 is 0 Å². The Kier molecular flexibility index (Phi) is 6.20. The Labute approximate surface area is 186 Å². The van der Waals surface area contributed by atoms with Crippen molar-refractivity contribution in [1.29, 1.82) is 5.26 Å². The number of nitrogens with one attached hydrogen (secondary N) is 2. The summed E-state index contributed by atoms with van der Waals surface area (Å²) in [5, 5.41) is 16.0. The minimum Gasteiger partial charge on any atom is -0.455 e. The third kappa shape index (κ3) is 5.49. The van der Waals surface area contributed by atoms with E-state index in [1.54, 1.807) is 30.3 Å². The van der Waals surface area contributed by atoms with Gasteiger partial charge in [-0.05, 0) is 93.5 Å². The molecule has 0 aromatic heterocycles. The van der Waals surface area contributed by atoms with Crippen LogP contribution in [0.15, 0.2) is 42.5 Å². The third-order valence-corrected chi connectivity index (χ3v) is 5.79. The van der Waals surface area contributed by atoms with Gasteiger partial charge in [0, 0.05) is 22.7 Å². The summed E-state index contributed by atoms with van der Waals surface area (Å²) in [4.78, 5) is 12.8. The zero-order valence-corrected chi connectivity index (χ0v) is 19.3. The smallest absolute Gasteiger partial charge is 0.251 e. The van der Waals surface area contributed by atoms with Gasteiger partial charge in [-0.1, -0.05) is 12.1 Å². The van der Waals surface area contributed by atoms with Crippen molar-refractivity contribution in [3.63, 3.8) is 0 Å².